The standard InChI is InChI=1S/C21H33N3O3S.HI/c1-5-22-20(24-18-13-19(27-6-2)21(18)10-7-11-21)23-14-16-8-9-17(15(3)12-16)28(4,25)26;/h8-9,12,18-19H,5-7,10-11,13-14H2,1-4H3,(H2,22,23,24);1H. The van der Waals surface area contributed by atoms with E-state index in [0.29, 0.717) is 23.6 Å². The van der Waals surface area contributed by atoms with Gasteiger partial charge in [0.25, 0.3) is 0 Å². The van der Waals surface area contributed by atoms with Crippen LogP contribution in [-0.2, 0) is 21.1 Å². The molecule has 164 valence electrons. The molecule has 1 aromatic rings. The van der Waals surface area contributed by atoms with Crippen LogP contribution in [0.4, 0.5) is 0 Å². The minimum Gasteiger partial charge on any atom is -0.378 e. The molecule has 2 aliphatic carbocycles. The van der Waals surface area contributed by atoms with Crippen molar-refractivity contribution in [2.45, 2.75) is 70.0 Å². The summed E-state index contributed by atoms with van der Waals surface area (Å²) < 4.78 is 29.5. The predicted octanol–water partition coefficient (Wildman–Crippen LogP) is 3.42. The van der Waals surface area contributed by atoms with Crippen molar-refractivity contribution in [2.75, 3.05) is 19.4 Å². The lowest BCUT2D eigenvalue weighted by molar-refractivity contribution is -0.168. The van der Waals surface area contributed by atoms with Gasteiger partial charge in [-0.05, 0) is 57.2 Å². The first kappa shape index (κ1) is 24.4. The maximum atomic E-state index is 11.8. The summed E-state index contributed by atoms with van der Waals surface area (Å²) in [6, 6.07) is 5.84. The van der Waals surface area contributed by atoms with Crippen molar-refractivity contribution in [3.8, 4) is 0 Å². The fourth-order valence-electron chi connectivity index (χ4n) is 4.52. The number of hydrogen-bond donors (Lipinski definition) is 2. The summed E-state index contributed by atoms with van der Waals surface area (Å²) in [5.41, 5.74) is 2.04. The lowest BCUT2D eigenvalue weighted by Crippen LogP contribution is -2.68. The number of guanidine groups is 1. The molecule has 0 bridgehead atoms. The first-order chi connectivity index (χ1) is 13.3. The molecular formula is C21H34IN3O3S. The molecular weight excluding hydrogens is 501 g/mol. The smallest absolute Gasteiger partial charge is 0.191 e. The first-order valence-electron chi connectivity index (χ1n) is 10.3. The second-order valence-electron chi connectivity index (χ2n) is 8.03. The second-order valence-corrected chi connectivity index (χ2v) is 10.0. The Morgan fingerprint density at radius 3 is 2.55 bits per heavy atom. The number of aryl methyl sites for hydroxylation is 1. The fourth-order valence-corrected chi connectivity index (χ4v) is 5.48. The quantitative estimate of drug-likeness (QED) is 0.318. The van der Waals surface area contributed by atoms with Crippen LogP contribution in [0.1, 0.15) is 50.7 Å². The van der Waals surface area contributed by atoms with Gasteiger partial charge in [0, 0.05) is 30.9 Å². The number of ether oxygens (including phenoxy) is 1. The Morgan fingerprint density at radius 2 is 2.03 bits per heavy atom. The summed E-state index contributed by atoms with van der Waals surface area (Å²) in [6.07, 6.45) is 6.37. The maximum absolute atomic E-state index is 11.8. The van der Waals surface area contributed by atoms with Crippen molar-refractivity contribution in [3.63, 3.8) is 0 Å². The monoisotopic (exact) mass is 535 g/mol. The van der Waals surface area contributed by atoms with E-state index in [1.807, 2.05) is 19.1 Å². The molecule has 1 spiro atoms. The number of hydrogen-bond acceptors (Lipinski definition) is 4. The molecule has 29 heavy (non-hydrogen) atoms. The molecule has 2 aliphatic rings. The summed E-state index contributed by atoms with van der Waals surface area (Å²) >= 11 is 0. The molecule has 0 heterocycles. The van der Waals surface area contributed by atoms with Crippen molar-refractivity contribution in [2.24, 2.45) is 10.4 Å². The third-order valence-electron chi connectivity index (χ3n) is 6.15. The third-order valence-corrected chi connectivity index (χ3v) is 7.41. The van der Waals surface area contributed by atoms with E-state index in [4.69, 9.17) is 9.73 Å². The molecule has 2 N–H and O–H groups in total. The molecule has 0 radical (unpaired) electrons. The number of halogens is 1. The number of rotatable bonds is 7. The molecule has 0 aromatic heterocycles. The lowest BCUT2D eigenvalue weighted by atomic mass is 9.51. The molecule has 0 amide bonds. The van der Waals surface area contributed by atoms with Gasteiger partial charge < -0.3 is 15.4 Å². The second kappa shape index (κ2) is 9.96. The van der Waals surface area contributed by atoms with Crippen LogP contribution in [0.5, 0.6) is 0 Å². The number of nitrogens with zero attached hydrogens (tertiary/aromatic N) is 1. The van der Waals surface area contributed by atoms with Gasteiger partial charge >= 0.3 is 0 Å². The van der Waals surface area contributed by atoms with E-state index in [-0.39, 0.29) is 29.4 Å². The SMILES string of the molecule is CCNC(=NCc1ccc(S(C)(=O)=O)c(C)c1)NC1CC(OCC)C12CCC2.I. The molecule has 0 aliphatic heterocycles. The van der Waals surface area contributed by atoms with Crippen LogP contribution in [0.15, 0.2) is 28.1 Å². The molecule has 8 heteroatoms. The lowest BCUT2D eigenvalue weighted by Gasteiger charge is -2.61. The van der Waals surface area contributed by atoms with Gasteiger partial charge in [-0.3, -0.25) is 0 Å². The average molecular weight is 535 g/mol. The van der Waals surface area contributed by atoms with Gasteiger partial charge in [0.1, 0.15) is 0 Å². The van der Waals surface area contributed by atoms with Gasteiger partial charge in [-0.1, -0.05) is 18.6 Å². The van der Waals surface area contributed by atoms with Gasteiger partial charge in [-0.25, -0.2) is 13.4 Å². The van der Waals surface area contributed by atoms with Crippen molar-refractivity contribution >= 4 is 39.8 Å². The summed E-state index contributed by atoms with van der Waals surface area (Å²) in [6.45, 7) is 8.04. The summed E-state index contributed by atoms with van der Waals surface area (Å²) in [5.74, 6) is 0.818. The molecule has 2 unspecified atom stereocenters. The predicted molar refractivity (Wildman–Crippen MR) is 128 cm³/mol. The van der Waals surface area contributed by atoms with Crippen LogP contribution < -0.4 is 10.6 Å². The Balaban J connectivity index is 0.00000300. The molecule has 0 saturated heterocycles. The minimum absolute atomic E-state index is 0. The fraction of sp³-hybridized carbons (Fsp3) is 0.667. The summed E-state index contributed by atoms with van der Waals surface area (Å²) in [4.78, 5) is 5.12. The van der Waals surface area contributed by atoms with Gasteiger partial charge in [0.2, 0.25) is 0 Å². The third kappa shape index (κ3) is 5.25. The molecule has 2 fully saturated rings. The minimum atomic E-state index is -3.19. The number of aliphatic imine (C=N–C) groups is 1. The first-order valence-corrected chi connectivity index (χ1v) is 12.2. The van der Waals surface area contributed by atoms with E-state index in [0.717, 1.165) is 36.7 Å². The van der Waals surface area contributed by atoms with Crippen LogP contribution in [0.2, 0.25) is 0 Å². The van der Waals surface area contributed by atoms with Gasteiger partial charge in [-0.2, -0.15) is 0 Å². The van der Waals surface area contributed by atoms with E-state index < -0.39 is 9.84 Å². The Bertz CT molecular complexity index is 838. The zero-order chi connectivity index (χ0) is 20.4. The van der Waals surface area contributed by atoms with Crippen molar-refractivity contribution < 1.29 is 13.2 Å². The van der Waals surface area contributed by atoms with Gasteiger partial charge in [0.15, 0.2) is 15.8 Å². The zero-order valence-electron chi connectivity index (χ0n) is 17.8. The number of sulfone groups is 1. The largest absolute Gasteiger partial charge is 0.378 e. The van der Waals surface area contributed by atoms with E-state index in [1.54, 1.807) is 6.07 Å². The highest BCUT2D eigenvalue weighted by atomic mass is 127. The van der Waals surface area contributed by atoms with E-state index in [1.165, 1.54) is 25.5 Å². The maximum Gasteiger partial charge on any atom is 0.191 e. The number of benzene rings is 1. The van der Waals surface area contributed by atoms with Crippen molar-refractivity contribution in [1.82, 2.24) is 10.6 Å². The highest BCUT2D eigenvalue weighted by Crippen LogP contribution is 2.57. The van der Waals surface area contributed by atoms with Crippen LogP contribution in [0, 0.1) is 12.3 Å². The van der Waals surface area contributed by atoms with E-state index in [2.05, 4.69) is 24.5 Å². The van der Waals surface area contributed by atoms with Gasteiger partial charge in [0.05, 0.1) is 17.5 Å². The highest BCUT2D eigenvalue weighted by Gasteiger charge is 2.59. The topological polar surface area (TPSA) is 79.8 Å². The van der Waals surface area contributed by atoms with Crippen LogP contribution in [-0.4, -0.2) is 45.9 Å². The normalized spacial score (nSPS) is 23.0. The van der Waals surface area contributed by atoms with Crippen LogP contribution in [0.25, 0.3) is 0 Å². The Labute approximate surface area is 192 Å². The van der Waals surface area contributed by atoms with E-state index in [9.17, 15) is 8.42 Å². The van der Waals surface area contributed by atoms with Crippen LogP contribution in [0.3, 0.4) is 0 Å². The van der Waals surface area contributed by atoms with Crippen LogP contribution >= 0.6 is 24.0 Å². The van der Waals surface area contributed by atoms with Crippen molar-refractivity contribution in [3.05, 3.63) is 29.3 Å². The Kier molecular flexibility index (Phi) is 8.38. The molecule has 3 rings (SSSR count). The summed E-state index contributed by atoms with van der Waals surface area (Å²) in [7, 11) is -3.19. The Hall–Kier alpha value is -0.870. The molecule has 1 aromatic carbocycles. The van der Waals surface area contributed by atoms with Crippen molar-refractivity contribution in [1.29, 1.82) is 0 Å². The average Bonchev–Trinajstić information content (AvgIpc) is 2.56. The Morgan fingerprint density at radius 1 is 1.31 bits per heavy atom. The van der Waals surface area contributed by atoms with E-state index >= 15 is 0 Å². The van der Waals surface area contributed by atoms with Gasteiger partial charge in [-0.15, -0.1) is 24.0 Å². The number of nitrogens with one attached hydrogen (secondary N) is 2. The highest BCUT2D eigenvalue weighted by molar-refractivity contribution is 14.0. The molecule has 2 atom stereocenters. The zero-order valence-corrected chi connectivity index (χ0v) is 21.0. The molecule has 6 nitrogen and oxygen atoms in total. The summed E-state index contributed by atoms with van der Waals surface area (Å²) in [5, 5.41) is 6.96. The molecule has 2 saturated carbocycles.